The highest BCUT2D eigenvalue weighted by Crippen LogP contribution is 2.25. The van der Waals surface area contributed by atoms with Crippen LogP contribution in [0.5, 0.6) is 5.75 Å². The van der Waals surface area contributed by atoms with E-state index in [1.807, 2.05) is 13.1 Å². The molecular formula is C20H19F2N3O3S. The van der Waals surface area contributed by atoms with Crippen molar-refractivity contribution in [2.75, 3.05) is 7.11 Å². The van der Waals surface area contributed by atoms with Gasteiger partial charge in [-0.05, 0) is 48.4 Å². The second-order valence-electron chi connectivity index (χ2n) is 6.30. The molecule has 0 unspecified atom stereocenters. The fraction of sp³-hybridized carbons (Fsp3) is 0.150. The molecule has 1 N–H and O–H groups in total. The van der Waals surface area contributed by atoms with E-state index in [4.69, 9.17) is 4.74 Å². The summed E-state index contributed by atoms with van der Waals surface area (Å²) in [6.45, 7) is 1.64. The van der Waals surface area contributed by atoms with E-state index in [1.54, 1.807) is 29.1 Å². The van der Waals surface area contributed by atoms with Gasteiger partial charge in [0.2, 0.25) is 10.0 Å². The molecule has 0 bridgehead atoms. The number of hydrogen-bond acceptors (Lipinski definition) is 4. The summed E-state index contributed by atoms with van der Waals surface area (Å²) in [4.78, 5) is 4.17. The zero-order chi connectivity index (χ0) is 21.0. The summed E-state index contributed by atoms with van der Waals surface area (Å²) in [5.41, 5.74) is 2.40. The van der Waals surface area contributed by atoms with Crippen molar-refractivity contribution in [3.8, 4) is 11.4 Å². The number of nitrogens with one attached hydrogen (secondary N) is 1. The number of imidazole rings is 1. The molecule has 2 aromatic carbocycles. The van der Waals surface area contributed by atoms with Gasteiger partial charge in [0.1, 0.15) is 17.4 Å². The highest BCUT2D eigenvalue weighted by atomic mass is 32.2. The number of rotatable bonds is 7. The molecular weight excluding hydrogens is 400 g/mol. The third-order valence-electron chi connectivity index (χ3n) is 4.03. The lowest BCUT2D eigenvalue weighted by atomic mass is 10.2. The summed E-state index contributed by atoms with van der Waals surface area (Å²) in [5, 5.41) is 0.985. The molecule has 0 radical (unpaired) electrons. The lowest BCUT2D eigenvalue weighted by molar-refractivity contribution is 0.413. The van der Waals surface area contributed by atoms with Gasteiger partial charge in [0, 0.05) is 24.2 Å². The second-order valence-corrected chi connectivity index (χ2v) is 7.95. The molecule has 9 heteroatoms. The summed E-state index contributed by atoms with van der Waals surface area (Å²) >= 11 is 0. The zero-order valence-corrected chi connectivity index (χ0v) is 16.6. The van der Waals surface area contributed by atoms with E-state index in [1.165, 1.54) is 13.2 Å². The Bertz CT molecular complexity index is 1140. The van der Waals surface area contributed by atoms with Crippen molar-refractivity contribution in [2.24, 2.45) is 0 Å². The summed E-state index contributed by atoms with van der Waals surface area (Å²) in [6, 6.07) is 8.07. The Labute approximate surface area is 167 Å². The number of halogens is 2. The molecule has 0 aliphatic carbocycles. The van der Waals surface area contributed by atoms with Gasteiger partial charge in [0.25, 0.3) is 0 Å². The van der Waals surface area contributed by atoms with Crippen LogP contribution in [0.1, 0.15) is 16.8 Å². The maximum absolute atomic E-state index is 13.2. The molecule has 0 saturated carbocycles. The van der Waals surface area contributed by atoms with Crippen LogP contribution in [0.2, 0.25) is 0 Å². The molecule has 0 aliphatic heterocycles. The molecule has 152 valence electrons. The van der Waals surface area contributed by atoms with E-state index in [-0.39, 0.29) is 12.1 Å². The number of aryl methyl sites for hydroxylation is 1. The van der Waals surface area contributed by atoms with Gasteiger partial charge in [-0.3, -0.25) is 0 Å². The van der Waals surface area contributed by atoms with E-state index in [0.717, 1.165) is 35.0 Å². The minimum atomic E-state index is -3.81. The van der Waals surface area contributed by atoms with Crippen LogP contribution in [-0.2, 0) is 16.6 Å². The molecule has 1 aromatic heterocycles. The molecule has 0 amide bonds. The first-order valence-corrected chi connectivity index (χ1v) is 10.1. The molecule has 0 atom stereocenters. The Morgan fingerprint density at radius 2 is 1.90 bits per heavy atom. The van der Waals surface area contributed by atoms with Gasteiger partial charge in [0.05, 0.1) is 24.8 Å². The molecule has 0 aliphatic rings. The summed E-state index contributed by atoms with van der Waals surface area (Å²) in [6.07, 6.45) is 4.91. The number of nitrogens with zero attached hydrogens (tertiary/aromatic N) is 2. The predicted molar refractivity (Wildman–Crippen MR) is 106 cm³/mol. The van der Waals surface area contributed by atoms with Gasteiger partial charge in [-0.15, -0.1) is 0 Å². The van der Waals surface area contributed by atoms with Crippen LogP contribution in [-0.4, -0.2) is 25.1 Å². The third kappa shape index (κ3) is 5.49. The fourth-order valence-electron chi connectivity index (χ4n) is 2.68. The Morgan fingerprint density at radius 3 is 2.52 bits per heavy atom. The molecule has 3 aromatic rings. The van der Waals surface area contributed by atoms with Gasteiger partial charge in [0.15, 0.2) is 0 Å². The highest BCUT2D eigenvalue weighted by molar-refractivity contribution is 7.92. The van der Waals surface area contributed by atoms with Crippen molar-refractivity contribution in [2.45, 2.75) is 13.5 Å². The van der Waals surface area contributed by atoms with E-state index < -0.39 is 21.7 Å². The van der Waals surface area contributed by atoms with Crippen molar-refractivity contribution in [3.05, 3.63) is 82.8 Å². The van der Waals surface area contributed by atoms with Crippen LogP contribution in [0, 0.1) is 18.6 Å². The molecule has 1 heterocycles. The topological polar surface area (TPSA) is 73.2 Å². The number of benzene rings is 2. The molecule has 3 rings (SSSR count). The zero-order valence-electron chi connectivity index (χ0n) is 15.8. The fourth-order valence-corrected chi connectivity index (χ4v) is 3.48. The van der Waals surface area contributed by atoms with Gasteiger partial charge < -0.3 is 9.30 Å². The monoisotopic (exact) mass is 419 g/mol. The highest BCUT2D eigenvalue weighted by Gasteiger charge is 2.09. The first-order chi connectivity index (χ1) is 13.8. The van der Waals surface area contributed by atoms with Gasteiger partial charge in [-0.2, -0.15) is 0 Å². The van der Waals surface area contributed by atoms with Crippen molar-refractivity contribution >= 4 is 16.1 Å². The molecule has 6 nitrogen and oxygen atoms in total. The largest absolute Gasteiger partial charge is 0.495 e. The number of hydrogen-bond donors (Lipinski definition) is 1. The van der Waals surface area contributed by atoms with Crippen LogP contribution in [0.4, 0.5) is 8.78 Å². The van der Waals surface area contributed by atoms with Gasteiger partial charge in [-0.25, -0.2) is 26.9 Å². The Kier molecular flexibility index (Phi) is 6.09. The average molecular weight is 419 g/mol. The number of sulfonamides is 1. The standard InChI is InChI=1S/C20H19F2N3O3S/c1-14-12-25(13-23-14)19-4-3-15(9-20(19)28-2)5-6-29(26,27)24-11-16-7-17(21)10-18(22)8-16/h3-10,12-13,24H,11H2,1-2H3/b6-5+. The van der Waals surface area contributed by atoms with E-state index in [0.29, 0.717) is 11.3 Å². The minimum Gasteiger partial charge on any atom is -0.495 e. The van der Waals surface area contributed by atoms with E-state index in [2.05, 4.69) is 9.71 Å². The maximum atomic E-state index is 13.2. The minimum absolute atomic E-state index is 0.182. The van der Waals surface area contributed by atoms with Crippen LogP contribution in [0.3, 0.4) is 0 Å². The Balaban J connectivity index is 1.74. The lowest BCUT2D eigenvalue weighted by Crippen LogP contribution is -2.20. The Hall–Kier alpha value is -3.04. The third-order valence-corrected chi connectivity index (χ3v) is 5.07. The number of ether oxygens (including phenoxy) is 1. The summed E-state index contributed by atoms with van der Waals surface area (Å²) < 4.78 is 60.2. The molecule has 0 spiro atoms. The van der Waals surface area contributed by atoms with Crippen LogP contribution in [0.15, 0.2) is 54.3 Å². The normalized spacial score (nSPS) is 11.9. The van der Waals surface area contributed by atoms with E-state index in [9.17, 15) is 17.2 Å². The van der Waals surface area contributed by atoms with Crippen LogP contribution >= 0.6 is 0 Å². The average Bonchev–Trinajstić information content (AvgIpc) is 3.10. The first-order valence-electron chi connectivity index (χ1n) is 8.57. The number of methoxy groups -OCH3 is 1. The van der Waals surface area contributed by atoms with Crippen molar-refractivity contribution in [3.63, 3.8) is 0 Å². The van der Waals surface area contributed by atoms with Crippen molar-refractivity contribution in [1.82, 2.24) is 14.3 Å². The Morgan fingerprint density at radius 1 is 1.17 bits per heavy atom. The second kappa shape index (κ2) is 8.54. The van der Waals surface area contributed by atoms with E-state index >= 15 is 0 Å². The van der Waals surface area contributed by atoms with Crippen molar-refractivity contribution in [1.29, 1.82) is 0 Å². The number of aromatic nitrogens is 2. The molecule has 0 saturated heterocycles. The smallest absolute Gasteiger partial charge is 0.234 e. The quantitative estimate of drug-likeness (QED) is 0.636. The maximum Gasteiger partial charge on any atom is 0.234 e. The van der Waals surface area contributed by atoms with Crippen molar-refractivity contribution < 1.29 is 21.9 Å². The van der Waals surface area contributed by atoms with Gasteiger partial charge >= 0.3 is 0 Å². The summed E-state index contributed by atoms with van der Waals surface area (Å²) in [7, 11) is -2.29. The van der Waals surface area contributed by atoms with Crippen LogP contribution < -0.4 is 9.46 Å². The SMILES string of the molecule is COc1cc(/C=C/S(=O)(=O)NCc2cc(F)cc(F)c2)ccc1-n1cnc(C)c1. The summed E-state index contributed by atoms with van der Waals surface area (Å²) in [5.74, 6) is -0.991. The molecule has 0 fully saturated rings. The first kappa shape index (κ1) is 20.7. The lowest BCUT2D eigenvalue weighted by Gasteiger charge is -2.10. The van der Waals surface area contributed by atoms with Crippen LogP contribution in [0.25, 0.3) is 11.8 Å². The predicted octanol–water partition coefficient (Wildman–Crippen LogP) is 3.56. The molecule has 29 heavy (non-hydrogen) atoms. The van der Waals surface area contributed by atoms with Gasteiger partial charge in [-0.1, -0.05) is 6.07 Å².